The summed E-state index contributed by atoms with van der Waals surface area (Å²) in [7, 11) is -2.06. The Kier molecular flexibility index (Phi) is 45.8. The molecule has 0 aromatic carbocycles. The van der Waals surface area contributed by atoms with Crippen LogP contribution >= 0.6 is 0 Å². The van der Waals surface area contributed by atoms with E-state index in [0.717, 1.165) is 51.9 Å². The van der Waals surface area contributed by atoms with E-state index in [1.54, 1.807) is 0 Å². The third kappa shape index (κ3) is 46.1. The molecule has 6 nitrogen and oxygen atoms in total. The van der Waals surface area contributed by atoms with Crippen molar-refractivity contribution in [3.63, 3.8) is 0 Å². The summed E-state index contributed by atoms with van der Waals surface area (Å²) in [5, 5.41) is 16.8. The molecule has 0 aliphatic carbocycles. The molecule has 45 heavy (non-hydrogen) atoms. The van der Waals surface area contributed by atoms with Gasteiger partial charge in [0.2, 0.25) is 0 Å². The van der Waals surface area contributed by atoms with Crippen molar-refractivity contribution in [2.24, 2.45) is 0 Å². The van der Waals surface area contributed by atoms with Crippen molar-refractivity contribution in [1.29, 1.82) is 0 Å². The van der Waals surface area contributed by atoms with E-state index in [4.69, 9.17) is 24.0 Å². The molecule has 0 unspecified atom stereocenters. The van der Waals surface area contributed by atoms with Gasteiger partial charge in [-0.15, -0.1) is 0 Å². The maximum absolute atomic E-state index is 8.39. The second kappa shape index (κ2) is 43.9. The summed E-state index contributed by atoms with van der Waals surface area (Å²) < 4.78 is 22.4. The van der Waals surface area contributed by atoms with E-state index in [1.807, 2.05) is 0 Å². The van der Waals surface area contributed by atoms with E-state index >= 15 is 0 Å². The average molecular weight is 643 g/mol. The van der Waals surface area contributed by atoms with Crippen LogP contribution in [0.15, 0.2) is 0 Å². The Morgan fingerprint density at radius 3 is 0.711 bits per heavy atom. The molecule has 0 atom stereocenters. The highest BCUT2D eigenvalue weighted by atomic mass is 16.7. The number of unbranched alkanes of at least 4 members (excludes halogenated alkanes) is 25. The Bertz CT molecular complexity index is 454. The zero-order chi connectivity index (χ0) is 33.3. The van der Waals surface area contributed by atoms with Crippen molar-refractivity contribution >= 4 is 14.6 Å². The largest absolute Gasteiger partial charge is 0.639 e. The second-order valence-electron chi connectivity index (χ2n) is 12.9. The highest BCUT2D eigenvalue weighted by Crippen LogP contribution is 2.11. The normalized spacial score (nSPS) is 11.1. The molecule has 270 valence electrons. The summed E-state index contributed by atoms with van der Waals surface area (Å²) in [6.45, 7) is 11.8. The molecule has 0 rings (SSSR count). The Labute approximate surface area is 283 Å². The minimum absolute atomic E-state index is 0.451. The minimum atomic E-state index is -1.60. The molecule has 0 aliphatic heterocycles. The van der Waals surface area contributed by atoms with E-state index in [1.165, 1.54) is 154 Å². The van der Waals surface area contributed by atoms with Gasteiger partial charge in [0.1, 0.15) is 0 Å². The van der Waals surface area contributed by atoms with Crippen LogP contribution in [0.4, 0.5) is 0 Å². The fourth-order valence-corrected chi connectivity index (χ4v) is 5.29. The van der Waals surface area contributed by atoms with Gasteiger partial charge in [0.05, 0.1) is 0 Å². The molecule has 0 aromatic rings. The van der Waals surface area contributed by atoms with Crippen LogP contribution in [0.3, 0.4) is 0 Å². The molecule has 2 N–H and O–H groups in total. The van der Waals surface area contributed by atoms with Gasteiger partial charge in [-0.05, 0) is 25.7 Å². The van der Waals surface area contributed by atoms with Gasteiger partial charge in [-0.2, -0.15) is 0 Å². The first-order valence-electron chi connectivity index (χ1n) is 19.9. The third-order valence-electron chi connectivity index (χ3n) is 8.27. The van der Waals surface area contributed by atoms with Crippen molar-refractivity contribution in [3.8, 4) is 0 Å². The maximum Gasteiger partial charge on any atom is 0.639 e. The van der Waals surface area contributed by atoms with E-state index < -0.39 is 14.6 Å². The van der Waals surface area contributed by atoms with Gasteiger partial charge in [-0.3, -0.25) is 0 Å². The predicted octanol–water partition coefficient (Wildman–Crippen LogP) is 11.4. The lowest BCUT2D eigenvalue weighted by atomic mass is 10.1. The fourth-order valence-electron chi connectivity index (χ4n) is 5.29. The van der Waals surface area contributed by atoms with Crippen LogP contribution < -0.4 is 0 Å². The van der Waals surface area contributed by atoms with E-state index in [-0.39, 0.29) is 0 Å². The Hall–Kier alpha value is -0.110. The maximum atomic E-state index is 8.39. The van der Waals surface area contributed by atoms with Crippen molar-refractivity contribution < 1.29 is 28.7 Å². The number of hydrogen-bond donors (Lipinski definition) is 2. The molecule has 0 bridgehead atoms. The lowest BCUT2D eigenvalue weighted by Gasteiger charge is -2.15. The lowest BCUT2D eigenvalue weighted by molar-refractivity contribution is 0.0885. The first-order valence-corrected chi connectivity index (χ1v) is 19.9. The highest BCUT2D eigenvalue weighted by molar-refractivity contribution is 6.36. The summed E-state index contributed by atoms with van der Waals surface area (Å²) >= 11 is 0. The number of hydrogen-bond acceptors (Lipinski definition) is 6. The van der Waals surface area contributed by atoms with Crippen LogP contribution in [0.1, 0.15) is 214 Å². The van der Waals surface area contributed by atoms with Gasteiger partial charge in [0, 0.05) is 26.4 Å². The summed E-state index contributed by atoms with van der Waals surface area (Å²) in [6, 6.07) is 0. The summed E-state index contributed by atoms with van der Waals surface area (Å²) in [4.78, 5) is 0. The van der Waals surface area contributed by atoms with Gasteiger partial charge < -0.3 is 28.7 Å². The van der Waals surface area contributed by atoms with Crippen LogP contribution in [0.25, 0.3) is 0 Å². The molecule has 0 fully saturated rings. The van der Waals surface area contributed by atoms with E-state index in [2.05, 4.69) is 32.3 Å². The molecule has 0 saturated carbocycles. The topological polar surface area (TPSA) is 77.4 Å². The third-order valence-corrected chi connectivity index (χ3v) is 8.27. The average Bonchev–Trinajstić information content (AvgIpc) is 3.03. The lowest BCUT2D eigenvalue weighted by Crippen LogP contribution is -2.28. The minimum Gasteiger partial charge on any atom is -0.402 e. The van der Waals surface area contributed by atoms with Crippen molar-refractivity contribution in [3.05, 3.63) is 0 Å². The molecular formula is C37H80B2O6. The molecule has 0 aliphatic rings. The summed E-state index contributed by atoms with van der Waals surface area (Å²) in [5.41, 5.74) is 0. The van der Waals surface area contributed by atoms with Crippen LogP contribution in [0, 0.1) is 0 Å². The Morgan fingerprint density at radius 1 is 0.289 bits per heavy atom. The standard InChI is InChI=1S/C27H57BO3.C10H23BO3/c1-4-7-10-13-16-19-22-25-29-28(30-26-23-20-17-14-11-8-5-2)31-27-24-21-18-15-12-9-6-3;1-2-3-4-5-6-7-8-9-10-14-11(12)13/h4-27H2,1-3H3;12-13H,2-10H2,1H3. The van der Waals surface area contributed by atoms with Gasteiger partial charge in [-0.1, -0.05) is 188 Å². The quantitative estimate of drug-likeness (QED) is 0.0519. The van der Waals surface area contributed by atoms with Crippen molar-refractivity contribution in [2.45, 2.75) is 214 Å². The molecular weight excluding hydrogens is 562 g/mol. The number of rotatable bonds is 37. The van der Waals surface area contributed by atoms with E-state index in [0.29, 0.717) is 6.61 Å². The van der Waals surface area contributed by atoms with Crippen LogP contribution in [0.2, 0.25) is 0 Å². The SMILES string of the molecule is CCCCCCCCCCOB(O)O.CCCCCCCCCOB(OCCCCCCCCC)OCCCCCCCCC. The second-order valence-corrected chi connectivity index (χ2v) is 12.9. The zero-order valence-corrected chi connectivity index (χ0v) is 31.0. The van der Waals surface area contributed by atoms with Crippen molar-refractivity contribution in [2.75, 3.05) is 26.4 Å². The Balaban J connectivity index is 0. The first-order chi connectivity index (χ1) is 22.1. The fraction of sp³-hybridized carbons (Fsp3) is 1.00. The van der Waals surface area contributed by atoms with Gasteiger partial charge >= 0.3 is 14.6 Å². The molecule has 0 saturated heterocycles. The summed E-state index contributed by atoms with van der Waals surface area (Å²) in [5.74, 6) is 0. The molecule has 0 spiro atoms. The predicted molar refractivity (Wildman–Crippen MR) is 196 cm³/mol. The van der Waals surface area contributed by atoms with Gasteiger partial charge in [0.25, 0.3) is 0 Å². The van der Waals surface area contributed by atoms with E-state index in [9.17, 15) is 0 Å². The van der Waals surface area contributed by atoms with Crippen LogP contribution in [-0.2, 0) is 18.6 Å². The zero-order valence-electron chi connectivity index (χ0n) is 31.0. The molecule has 0 radical (unpaired) electrons. The molecule has 0 aromatic heterocycles. The van der Waals surface area contributed by atoms with Gasteiger partial charge in [0.15, 0.2) is 0 Å². The molecule has 0 heterocycles. The monoisotopic (exact) mass is 643 g/mol. The van der Waals surface area contributed by atoms with Gasteiger partial charge in [-0.25, -0.2) is 0 Å². The highest BCUT2D eigenvalue weighted by Gasteiger charge is 2.20. The van der Waals surface area contributed by atoms with Crippen LogP contribution in [-0.4, -0.2) is 51.1 Å². The smallest absolute Gasteiger partial charge is 0.402 e. The first kappa shape index (κ1) is 47.0. The Morgan fingerprint density at radius 2 is 0.489 bits per heavy atom. The van der Waals surface area contributed by atoms with Crippen molar-refractivity contribution in [1.82, 2.24) is 0 Å². The molecule has 8 heteroatoms. The molecule has 0 amide bonds. The summed E-state index contributed by atoms with van der Waals surface area (Å²) in [6.07, 6.45) is 37.3. The van der Waals surface area contributed by atoms with Crippen LogP contribution in [0.5, 0.6) is 0 Å².